The van der Waals surface area contributed by atoms with Gasteiger partial charge in [-0.1, -0.05) is 12.8 Å². The van der Waals surface area contributed by atoms with Gasteiger partial charge in [0.25, 0.3) is 5.91 Å². The first-order valence-electron chi connectivity index (χ1n) is 8.76. The lowest BCUT2D eigenvalue weighted by Gasteiger charge is -2.35. The average Bonchev–Trinajstić information content (AvgIpc) is 3.17. The average molecular weight is 371 g/mol. The van der Waals surface area contributed by atoms with Gasteiger partial charge in [-0.3, -0.25) is 14.5 Å². The predicted molar refractivity (Wildman–Crippen MR) is 90.5 cm³/mol. The van der Waals surface area contributed by atoms with Crippen LogP contribution in [0.4, 0.5) is 4.79 Å². The summed E-state index contributed by atoms with van der Waals surface area (Å²) in [6, 6.07) is -0.928. The van der Waals surface area contributed by atoms with Gasteiger partial charge in [0.2, 0.25) is 5.91 Å². The standard InChI is InChI=1S/C16H25N3O5S/c1-16(2)14(21)18(15(22)17-16)9-13(20)19(11-5-3-4-6-11)12-7-8-25(23,24)10-12/h11-12H,3-10H2,1-2H3,(H,17,22). The molecule has 2 heterocycles. The molecule has 1 N–H and O–H groups in total. The van der Waals surface area contributed by atoms with Crippen LogP contribution in [-0.2, 0) is 19.4 Å². The highest BCUT2D eigenvalue weighted by Gasteiger charge is 2.47. The van der Waals surface area contributed by atoms with Gasteiger partial charge < -0.3 is 10.2 Å². The molecule has 8 nitrogen and oxygen atoms in total. The molecule has 0 aromatic heterocycles. The van der Waals surface area contributed by atoms with E-state index >= 15 is 0 Å². The fraction of sp³-hybridized carbons (Fsp3) is 0.812. The maximum atomic E-state index is 12.9. The number of nitrogens with zero attached hydrogens (tertiary/aromatic N) is 2. The first-order valence-corrected chi connectivity index (χ1v) is 10.6. The first-order chi connectivity index (χ1) is 11.6. The number of sulfone groups is 1. The van der Waals surface area contributed by atoms with Gasteiger partial charge in [-0.05, 0) is 33.1 Å². The third-order valence-electron chi connectivity index (χ3n) is 5.35. The van der Waals surface area contributed by atoms with E-state index in [1.54, 1.807) is 18.7 Å². The summed E-state index contributed by atoms with van der Waals surface area (Å²) in [7, 11) is -3.12. The van der Waals surface area contributed by atoms with Crippen LogP contribution in [-0.4, -0.2) is 71.7 Å². The lowest BCUT2D eigenvalue weighted by atomic mass is 10.1. The number of carbonyl (C=O) groups is 3. The summed E-state index contributed by atoms with van der Waals surface area (Å²) >= 11 is 0. The number of nitrogens with one attached hydrogen (secondary N) is 1. The van der Waals surface area contributed by atoms with Crippen LogP contribution in [0.15, 0.2) is 0 Å². The van der Waals surface area contributed by atoms with Gasteiger partial charge in [0.1, 0.15) is 12.1 Å². The molecule has 140 valence electrons. The lowest BCUT2D eigenvalue weighted by Crippen LogP contribution is -2.51. The van der Waals surface area contributed by atoms with E-state index in [9.17, 15) is 22.8 Å². The molecule has 3 aliphatic rings. The Kier molecular flexibility index (Phi) is 4.55. The summed E-state index contributed by atoms with van der Waals surface area (Å²) in [6.07, 6.45) is 4.12. The molecule has 2 saturated heterocycles. The topological polar surface area (TPSA) is 104 Å². The van der Waals surface area contributed by atoms with E-state index in [4.69, 9.17) is 0 Å². The molecule has 0 bridgehead atoms. The van der Waals surface area contributed by atoms with Gasteiger partial charge in [0.05, 0.1) is 11.5 Å². The molecule has 1 unspecified atom stereocenters. The van der Waals surface area contributed by atoms with E-state index in [1.807, 2.05) is 0 Å². The molecule has 3 fully saturated rings. The van der Waals surface area contributed by atoms with Crippen molar-refractivity contribution in [3.63, 3.8) is 0 Å². The summed E-state index contributed by atoms with van der Waals surface area (Å²) in [6.45, 7) is 2.85. The predicted octanol–water partition coefficient (Wildman–Crippen LogP) is 0.275. The van der Waals surface area contributed by atoms with Crippen LogP contribution in [0.25, 0.3) is 0 Å². The normalized spacial score (nSPS) is 28.4. The molecule has 2 aliphatic heterocycles. The molecule has 0 aromatic carbocycles. The Bertz CT molecular complexity index is 697. The molecular weight excluding hydrogens is 346 g/mol. The van der Waals surface area contributed by atoms with Crippen LogP contribution in [0, 0.1) is 0 Å². The summed E-state index contributed by atoms with van der Waals surface area (Å²) in [4.78, 5) is 39.9. The largest absolute Gasteiger partial charge is 0.334 e. The van der Waals surface area contributed by atoms with Crippen molar-refractivity contribution < 1.29 is 22.8 Å². The molecule has 0 spiro atoms. The van der Waals surface area contributed by atoms with Gasteiger partial charge >= 0.3 is 6.03 Å². The van der Waals surface area contributed by atoms with Crippen LogP contribution in [0.1, 0.15) is 46.0 Å². The van der Waals surface area contributed by atoms with Crippen LogP contribution < -0.4 is 5.32 Å². The molecule has 4 amide bonds. The zero-order chi connectivity index (χ0) is 18.4. The van der Waals surface area contributed by atoms with Crippen LogP contribution in [0.5, 0.6) is 0 Å². The Hall–Kier alpha value is -1.64. The number of carbonyl (C=O) groups excluding carboxylic acids is 3. The minimum Gasteiger partial charge on any atom is -0.334 e. The van der Waals surface area contributed by atoms with Gasteiger partial charge in [-0.2, -0.15) is 0 Å². The molecule has 3 rings (SSSR count). The van der Waals surface area contributed by atoms with Crippen LogP contribution in [0.2, 0.25) is 0 Å². The van der Waals surface area contributed by atoms with E-state index in [0.717, 1.165) is 30.6 Å². The van der Waals surface area contributed by atoms with Gasteiger partial charge in [-0.25, -0.2) is 13.2 Å². The van der Waals surface area contributed by atoms with Crippen LogP contribution >= 0.6 is 0 Å². The summed E-state index contributed by atoms with van der Waals surface area (Å²) in [5, 5.41) is 2.56. The van der Waals surface area contributed by atoms with Crippen molar-refractivity contribution >= 4 is 27.7 Å². The third kappa shape index (κ3) is 3.51. The highest BCUT2D eigenvalue weighted by molar-refractivity contribution is 7.91. The van der Waals surface area contributed by atoms with E-state index in [-0.39, 0.29) is 36.0 Å². The molecule has 0 aromatic rings. The van der Waals surface area contributed by atoms with Gasteiger partial charge in [0, 0.05) is 12.1 Å². The number of urea groups is 1. The number of rotatable bonds is 4. The highest BCUT2D eigenvalue weighted by Crippen LogP contribution is 2.29. The second-order valence-electron chi connectivity index (χ2n) is 7.74. The van der Waals surface area contributed by atoms with Crippen molar-refractivity contribution in [1.29, 1.82) is 0 Å². The minimum atomic E-state index is -3.12. The number of amides is 4. The first kappa shape index (κ1) is 18.2. The molecule has 9 heteroatoms. The van der Waals surface area contributed by atoms with Gasteiger partial charge in [-0.15, -0.1) is 0 Å². The highest BCUT2D eigenvalue weighted by atomic mass is 32.2. The number of hydrogen-bond acceptors (Lipinski definition) is 5. The van der Waals surface area contributed by atoms with Crippen molar-refractivity contribution in [2.45, 2.75) is 63.6 Å². The van der Waals surface area contributed by atoms with Crippen molar-refractivity contribution in [2.24, 2.45) is 0 Å². The number of hydrogen-bond donors (Lipinski definition) is 1. The monoisotopic (exact) mass is 371 g/mol. The smallest absolute Gasteiger partial charge is 0.325 e. The Morgan fingerprint density at radius 1 is 1.20 bits per heavy atom. The Labute approximate surface area is 147 Å². The fourth-order valence-electron chi connectivity index (χ4n) is 4.06. The summed E-state index contributed by atoms with van der Waals surface area (Å²) < 4.78 is 23.7. The fourth-order valence-corrected chi connectivity index (χ4v) is 5.77. The molecule has 0 radical (unpaired) electrons. The van der Waals surface area contributed by atoms with Crippen molar-refractivity contribution in [1.82, 2.24) is 15.1 Å². The minimum absolute atomic E-state index is 0.000392. The Morgan fingerprint density at radius 2 is 1.84 bits per heavy atom. The third-order valence-corrected chi connectivity index (χ3v) is 7.10. The molecule has 1 atom stereocenters. The van der Waals surface area contributed by atoms with Crippen molar-refractivity contribution in [3.8, 4) is 0 Å². The quantitative estimate of drug-likeness (QED) is 0.715. The summed E-state index contributed by atoms with van der Waals surface area (Å²) in [5.74, 6) is -0.711. The molecule has 1 aliphatic carbocycles. The zero-order valence-corrected chi connectivity index (χ0v) is 15.5. The van der Waals surface area contributed by atoms with Crippen LogP contribution in [0.3, 0.4) is 0 Å². The van der Waals surface area contributed by atoms with Gasteiger partial charge in [0.15, 0.2) is 9.84 Å². The Balaban J connectivity index is 1.78. The maximum Gasteiger partial charge on any atom is 0.325 e. The molecular formula is C16H25N3O5S. The Morgan fingerprint density at radius 3 is 2.32 bits per heavy atom. The molecule has 25 heavy (non-hydrogen) atoms. The SMILES string of the molecule is CC1(C)NC(=O)N(CC(=O)N(C2CCCC2)C2CCS(=O)(=O)C2)C1=O. The second-order valence-corrected chi connectivity index (χ2v) is 9.97. The van der Waals surface area contributed by atoms with E-state index < -0.39 is 27.3 Å². The maximum absolute atomic E-state index is 12.9. The van der Waals surface area contributed by atoms with E-state index in [2.05, 4.69) is 5.32 Å². The van der Waals surface area contributed by atoms with E-state index in [0.29, 0.717) is 6.42 Å². The van der Waals surface area contributed by atoms with Crippen molar-refractivity contribution in [3.05, 3.63) is 0 Å². The lowest BCUT2D eigenvalue weighted by molar-refractivity contribution is -0.141. The zero-order valence-electron chi connectivity index (χ0n) is 14.7. The second kappa shape index (κ2) is 6.26. The van der Waals surface area contributed by atoms with E-state index in [1.165, 1.54) is 0 Å². The van der Waals surface area contributed by atoms with Crippen molar-refractivity contribution in [2.75, 3.05) is 18.1 Å². The molecule has 1 saturated carbocycles. The summed E-state index contributed by atoms with van der Waals surface area (Å²) in [5.41, 5.74) is -1.02. The number of imide groups is 1.